The Morgan fingerprint density at radius 1 is 1.03 bits per heavy atom. The second-order valence-corrected chi connectivity index (χ2v) is 9.04. The van der Waals surface area contributed by atoms with Gasteiger partial charge < -0.3 is 19.1 Å². The molecule has 2 aliphatic rings. The SMILES string of the molecule is Cc1cc(C(=O)N2CCN(CC(=O)N3CCOCC3)CC2)c(C)n1Cc1cccs1. The predicted molar refractivity (Wildman–Crippen MR) is 117 cm³/mol. The summed E-state index contributed by atoms with van der Waals surface area (Å²) < 4.78 is 7.54. The van der Waals surface area contributed by atoms with Crippen molar-refractivity contribution in [2.24, 2.45) is 0 Å². The van der Waals surface area contributed by atoms with Crippen molar-refractivity contribution in [2.75, 3.05) is 59.0 Å². The van der Waals surface area contributed by atoms with Gasteiger partial charge in [-0.2, -0.15) is 0 Å². The molecule has 0 aliphatic carbocycles. The number of carbonyl (C=O) groups excluding carboxylic acids is 2. The molecule has 2 fully saturated rings. The Balaban J connectivity index is 1.33. The van der Waals surface area contributed by atoms with Crippen LogP contribution in [0.5, 0.6) is 0 Å². The third kappa shape index (κ3) is 4.61. The fraction of sp³-hybridized carbons (Fsp3) is 0.545. The van der Waals surface area contributed by atoms with Crippen LogP contribution < -0.4 is 0 Å². The zero-order chi connectivity index (χ0) is 21.1. The maximum absolute atomic E-state index is 13.2. The maximum Gasteiger partial charge on any atom is 0.255 e. The highest BCUT2D eigenvalue weighted by molar-refractivity contribution is 7.09. The van der Waals surface area contributed by atoms with Gasteiger partial charge in [-0.25, -0.2) is 0 Å². The van der Waals surface area contributed by atoms with Crippen LogP contribution in [-0.4, -0.2) is 90.1 Å². The molecule has 7 nitrogen and oxygen atoms in total. The third-order valence-electron chi connectivity index (χ3n) is 6.08. The number of thiophene rings is 1. The van der Waals surface area contributed by atoms with Gasteiger partial charge in [-0.3, -0.25) is 14.5 Å². The first kappa shape index (κ1) is 21.1. The Hall–Kier alpha value is -2.16. The van der Waals surface area contributed by atoms with Crippen molar-refractivity contribution >= 4 is 23.2 Å². The Labute approximate surface area is 181 Å². The second-order valence-electron chi connectivity index (χ2n) is 8.01. The Bertz CT molecular complexity index is 879. The van der Waals surface area contributed by atoms with Crippen LogP contribution in [0.1, 0.15) is 26.6 Å². The summed E-state index contributed by atoms with van der Waals surface area (Å²) in [6.45, 7) is 10.7. The first-order valence-corrected chi connectivity index (χ1v) is 11.5. The molecule has 162 valence electrons. The van der Waals surface area contributed by atoms with Gasteiger partial charge in [-0.15, -0.1) is 11.3 Å². The Morgan fingerprint density at radius 3 is 2.43 bits per heavy atom. The largest absolute Gasteiger partial charge is 0.378 e. The van der Waals surface area contributed by atoms with Gasteiger partial charge in [0.1, 0.15) is 0 Å². The average molecular weight is 431 g/mol. The summed E-state index contributed by atoms with van der Waals surface area (Å²) in [7, 11) is 0. The fourth-order valence-electron chi connectivity index (χ4n) is 4.20. The lowest BCUT2D eigenvalue weighted by molar-refractivity contribution is -0.136. The van der Waals surface area contributed by atoms with Crippen LogP contribution in [0.3, 0.4) is 0 Å². The molecular formula is C22H30N4O3S. The minimum absolute atomic E-state index is 0.0969. The quantitative estimate of drug-likeness (QED) is 0.726. The molecule has 2 saturated heterocycles. The summed E-state index contributed by atoms with van der Waals surface area (Å²) in [5.74, 6) is 0.259. The summed E-state index contributed by atoms with van der Waals surface area (Å²) >= 11 is 1.74. The lowest BCUT2D eigenvalue weighted by atomic mass is 10.2. The Morgan fingerprint density at radius 2 is 1.77 bits per heavy atom. The normalized spacial score (nSPS) is 18.1. The molecule has 0 saturated carbocycles. The minimum Gasteiger partial charge on any atom is -0.378 e. The minimum atomic E-state index is 0.0969. The number of nitrogens with zero attached hydrogens (tertiary/aromatic N) is 4. The van der Waals surface area contributed by atoms with E-state index in [4.69, 9.17) is 4.74 Å². The van der Waals surface area contributed by atoms with Crippen LogP contribution in [0.25, 0.3) is 0 Å². The number of rotatable bonds is 5. The van der Waals surface area contributed by atoms with Gasteiger partial charge in [-0.1, -0.05) is 6.07 Å². The van der Waals surface area contributed by atoms with Crippen LogP contribution in [0.15, 0.2) is 23.6 Å². The van der Waals surface area contributed by atoms with E-state index < -0.39 is 0 Å². The van der Waals surface area contributed by atoms with E-state index in [0.717, 1.165) is 36.6 Å². The topological polar surface area (TPSA) is 58.0 Å². The highest BCUT2D eigenvalue weighted by Gasteiger charge is 2.27. The van der Waals surface area contributed by atoms with E-state index in [0.29, 0.717) is 45.9 Å². The zero-order valence-corrected chi connectivity index (χ0v) is 18.6. The van der Waals surface area contributed by atoms with Crippen molar-refractivity contribution in [3.63, 3.8) is 0 Å². The molecule has 0 N–H and O–H groups in total. The molecular weight excluding hydrogens is 400 g/mol. The predicted octanol–water partition coefficient (Wildman–Crippen LogP) is 1.83. The Kier molecular flexibility index (Phi) is 6.55. The van der Waals surface area contributed by atoms with E-state index in [9.17, 15) is 9.59 Å². The molecule has 2 aromatic rings. The number of hydrogen-bond donors (Lipinski definition) is 0. The summed E-state index contributed by atoms with van der Waals surface area (Å²) in [6, 6.07) is 6.20. The summed E-state index contributed by atoms with van der Waals surface area (Å²) in [4.78, 5) is 32.9. The van der Waals surface area contributed by atoms with Crippen LogP contribution in [-0.2, 0) is 16.1 Å². The first-order chi connectivity index (χ1) is 14.5. The molecule has 4 heterocycles. The molecule has 0 spiro atoms. The zero-order valence-electron chi connectivity index (χ0n) is 17.8. The standard InChI is InChI=1S/C22H30N4O3S/c1-17-14-20(18(2)26(17)15-19-4-3-13-30-19)22(28)25-7-5-23(6-8-25)16-21(27)24-9-11-29-12-10-24/h3-4,13-14H,5-12,15-16H2,1-2H3. The van der Waals surface area contributed by atoms with Gasteiger partial charge in [0, 0.05) is 55.5 Å². The van der Waals surface area contributed by atoms with Gasteiger partial charge >= 0.3 is 0 Å². The van der Waals surface area contributed by atoms with E-state index in [1.165, 1.54) is 4.88 Å². The second kappa shape index (κ2) is 9.32. The van der Waals surface area contributed by atoms with E-state index >= 15 is 0 Å². The van der Waals surface area contributed by atoms with E-state index in [2.05, 4.69) is 33.9 Å². The van der Waals surface area contributed by atoms with E-state index in [1.807, 2.05) is 22.8 Å². The number of aromatic nitrogens is 1. The average Bonchev–Trinajstić information content (AvgIpc) is 3.38. The van der Waals surface area contributed by atoms with Gasteiger partial charge in [0.15, 0.2) is 0 Å². The highest BCUT2D eigenvalue weighted by atomic mass is 32.1. The molecule has 2 aromatic heterocycles. The van der Waals surface area contributed by atoms with Crippen LogP contribution >= 0.6 is 11.3 Å². The number of carbonyl (C=O) groups is 2. The van der Waals surface area contributed by atoms with Crippen molar-refractivity contribution in [1.29, 1.82) is 0 Å². The molecule has 0 radical (unpaired) electrons. The number of ether oxygens (including phenoxy) is 1. The van der Waals surface area contributed by atoms with Crippen LogP contribution in [0.2, 0.25) is 0 Å². The van der Waals surface area contributed by atoms with Gasteiger partial charge in [-0.05, 0) is 31.4 Å². The number of morpholine rings is 1. The molecule has 2 amide bonds. The lowest BCUT2D eigenvalue weighted by Gasteiger charge is -2.36. The number of hydrogen-bond acceptors (Lipinski definition) is 5. The molecule has 0 atom stereocenters. The van der Waals surface area contributed by atoms with Gasteiger partial charge in [0.05, 0.1) is 31.9 Å². The van der Waals surface area contributed by atoms with Crippen molar-refractivity contribution in [3.05, 3.63) is 45.4 Å². The highest BCUT2D eigenvalue weighted by Crippen LogP contribution is 2.21. The molecule has 0 unspecified atom stereocenters. The molecule has 2 aliphatic heterocycles. The summed E-state index contributed by atoms with van der Waals surface area (Å²) in [5, 5.41) is 2.08. The van der Waals surface area contributed by atoms with Gasteiger partial charge in [0.25, 0.3) is 5.91 Å². The fourth-order valence-corrected chi connectivity index (χ4v) is 4.90. The smallest absolute Gasteiger partial charge is 0.255 e. The monoisotopic (exact) mass is 430 g/mol. The molecule has 0 aromatic carbocycles. The number of piperazine rings is 1. The van der Waals surface area contributed by atoms with E-state index in [-0.39, 0.29) is 11.8 Å². The van der Waals surface area contributed by atoms with Crippen LogP contribution in [0.4, 0.5) is 0 Å². The summed E-state index contributed by atoms with van der Waals surface area (Å²) in [6.07, 6.45) is 0. The van der Waals surface area contributed by atoms with Crippen molar-refractivity contribution in [1.82, 2.24) is 19.3 Å². The van der Waals surface area contributed by atoms with E-state index in [1.54, 1.807) is 11.3 Å². The summed E-state index contributed by atoms with van der Waals surface area (Å²) in [5.41, 5.74) is 2.93. The number of aryl methyl sites for hydroxylation is 1. The molecule has 4 rings (SSSR count). The third-order valence-corrected chi connectivity index (χ3v) is 6.94. The maximum atomic E-state index is 13.2. The lowest BCUT2D eigenvalue weighted by Crippen LogP contribution is -2.52. The van der Waals surface area contributed by atoms with Gasteiger partial charge in [0.2, 0.25) is 5.91 Å². The first-order valence-electron chi connectivity index (χ1n) is 10.6. The van der Waals surface area contributed by atoms with Crippen molar-refractivity contribution in [3.8, 4) is 0 Å². The molecule has 30 heavy (non-hydrogen) atoms. The van der Waals surface area contributed by atoms with Crippen molar-refractivity contribution in [2.45, 2.75) is 20.4 Å². The molecule has 8 heteroatoms. The van der Waals surface area contributed by atoms with Crippen LogP contribution in [0, 0.1) is 13.8 Å². The molecule has 0 bridgehead atoms. The van der Waals surface area contributed by atoms with Crippen molar-refractivity contribution < 1.29 is 14.3 Å². The number of amides is 2.